The van der Waals surface area contributed by atoms with Crippen molar-refractivity contribution in [1.82, 2.24) is 14.8 Å². The molecule has 1 aliphatic carbocycles. The highest BCUT2D eigenvalue weighted by Crippen LogP contribution is 2.43. The quantitative estimate of drug-likeness (QED) is 0.501. The fourth-order valence-corrected chi connectivity index (χ4v) is 6.24. The van der Waals surface area contributed by atoms with Gasteiger partial charge in [0.25, 0.3) is 10.1 Å². The molecule has 2 aliphatic rings. The minimum absolute atomic E-state index is 0.148. The van der Waals surface area contributed by atoms with Crippen LogP contribution in [0.4, 0.5) is 4.39 Å². The summed E-state index contributed by atoms with van der Waals surface area (Å²) in [5.41, 5.74) is 2.01. The number of alkyl halides is 1. The van der Waals surface area contributed by atoms with Gasteiger partial charge in [0, 0.05) is 11.7 Å². The number of halogens is 1. The lowest BCUT2D eigenvalue weighted by atomic mass is 9.96. The highest BCUT2D eigenvalue weighted by Gasteiger charge is 2.38. The van der Waals surface area contributed by atoms with Gasteiger partial charge in [0.05, 0.1) is 17.0 Å². The van der Waals surface area contributed by atoms with Crippen molar-refractivity contribution in [2.45, 2.75) is 59.8 Å². The second-order valence-electron chi connectivity index (χ2n) is 8.02. The van der Waals surface area contributed by atoms with Gasteiger partial charge in [-0.05, 0) is 37.5 Å². The molecule has 2 aromatic carbocycles. The van der Waals surface area contributed by atoms with Crippen molar-refractivity contribution in [2.24, 2.45) is 0 Å². The van der Waals surface area contributed by atoms with E-state index in [4.69, 9.17) is 4.18 Å². The van der Waals surface area contributed by atoms with Gasteiger partial charge < -0.3 is 0 Å². The Kier molecular flexibility index (Phi) is 5.35. The fraction of sp³-hybridized carbons (Fsp3) is 0.364. The largest absolute Gasteiger partial charge is 0.297 e. The topological polar surface area (TPSA) is 74.1 Å². The first-order chi connectivity index (χ1) is 14.9. The van der Waals surface area contributed by atoms with Gasteiger partial charge in [0.1, 0.15) is 0 Å². The lowest BCUT2D eigenvalue weighted by Gasteiger charge is -2.33. The Hall–Kier alpha value is -2.23. The maximum atomic E-state index is 14.5. The fourth-order valence-electron chi connectivity index (χ4n) is 3.94. The van der Waals surface area contributed by atoms with Crippen LogP contribution >= 0.6 is 11.8 Å². The van der Waals surface area contributed by atoms with E-state index in [1.807, 2.05) is 37.3 Å². The van der Waals surface area contributed by atoms with Crippen LogP contribution < -0.4 is 0 Å². The van der Waals surface area contributed by atoms with Crippen molar-refractivity contribution >= 4 is 21.9 Å². The van der Waals surface area contributed by atoms with E-state index < -0.39 is 16.3 Å². The number of hydrogen-bond acceptors (Lipinski definition) is 6. The normalized spacial score (nSPS) is 25.2. The van der Waals surface area contributed by atoms with Gasteiger partial charge in [-0.1, -0.05) is 59.8 Å². The molecule has 1 fully saturated rings. The molecule has 0 amide bonds. The number of fused-ring (bicyclic) bond motifs is 1. The Morgan fingerprint density at radius 3 is 2.48 bits per heavy atom. The van der Waals surface area contributed by atoms with Crippen molar-refractivity contribution in [3.63, 3.8) is 0 Å². The van der Waals surface area contributed by atoms with Gasteiger partial charge >= 0.3 is 0 Å². The van der Waals surface area contributed by atoms with Crippen molar-refractivity contribution in [3.05, 3.63) is 71.5 Å². The van der Waals surface area contributed by atoms with E-state index in [1.54, 1.807) is 28.9 Å². The van der Waals surface area contributed by atoms with Crippen LogP contribution in [0.2, 0.25) is 0 Å². The number of hydrogen-bond donors (Lipinski definition) is 0. The van der Waals surface area contributed by atoms with Crippen LogP contribution in [0.15, 0.2) is 64.6 Å². The van der Waals surface area contributed by atoms with E-state index in [0.29, 0.717) is 30.2 Å². The van der Waals surface area contributed by atoms with Crippen LogP contribution in [0.1, 0.15) is 48.4 Å². The molecule has 0 saturated heterocycles. The third-order valence-corrected chi connectivity index (χ3v) is 8.20. The zero-order valence-corrected chi connectivity index (χ0v) is 18.5. The summed E-state index contributed by atoms with van der Waals surface area (Å²) in [5, 5.41) is 5.22. The second-order valence-corrected chi connectivity index (χ2v) is 10.9. The minimum Gasteiger partial charge on any atom is -0.263 e. The van der Waals surface area contributed by atoms with Gasteiger partial charge in [-0.2, -0.15) is 8.42 Å². The molecular weight excluding hydrogens is 437 g/mol. The van der Waals surface area contributed by atoms with Gasteiger partial charge in [-0.3, -0.25) is 4.18 Å². The number of aryl methyl sites for hydroxylation is 1. The van der Waals surface area contributed by atoms with Crippen LogP contribution in [0, 0.1) is 6.92 Å². The molecule has 0 N–H and O–H groups in total. The van der Waals surface area contributed by atoms with Crippen molar-refractivity contribution in [1.29, 1.82) is 0 Å². The monoisotopic (exact) mass is 459 g/mol. The average molecular weight is 460 g/mol. The van der Waals surface area contributed by atoms with E-state index in [2.05, 4.69) is 10.1 Å². The zero-order chi connectivity index (χ0) is 21.6. The molecule has 5 rings (SSSR count). The predicted molar refractivity (Wildman–Crippen MR) is 115 cm³/mol. The van der Waals surface area contributed by atoms with Crippen LogP contribution in [0.3, 0.4) is 0 Å². The first-order valence-electron chi connectivity index (χ1n) is 10.2. The summed E-state index contributed by atoms with van der Waals surface area (Å²) in [6.45, 7) is 1.90. The second kappa shape index (κ2) is 8.03. The zero-order valence-electron chi connectivity index (χ0n) is 16.9. The van der Waals surface area contributed by atoms with Gasteiger partial charge in [-0.15, -0.1) is 5.10 Å². The molecule has 1 aliphatic heterocycles. The molecule has 3 aromatic rings. The lowest BCUT2D eigenvalue weighted by molar-refractivity contribution is 0.133. The van der Waals surface area contributed by atoms with Crippen LogP contribution in [0.5, 0.6) is 0 Å². The average Bonchev–Trinajstić information content (AvgIpc) is 3.27. The molecule has 1 saturated carbocycles. The Bertz CT molecular complexity index is 1180. The number of aromatic nitrogens is 3. The first kappa shape index (κ1) is 20.7. The Morgan fingerprint density at radius 2 is 1.77 bits per heavy atom. The molecule has 2 atom stereocenters. The first-order valence-corrected chi connectivity index (χ1v) is 12.5. The summed E-state index contributed by atoms with van der Waals surface area (Å²) in [6, 6.07) is 16.2. The van der Waals surface area contributed by atoms with Gasteiger partial charge in [0.15, 0.2) is 12.0 Å². The molecule has 0 bridgehead atoms. The number of benzene rings is 2. The smallest absolute Gasteiger partial charge is 0.263 e. The molecule has 0 radical (unpaired) electrons. The SMILES string of the molecule is Cc1ccc(S(=O)(=O)O[C@H]2C[C@@H](Sc3nc4n(n3)[C@H](c3ccccc3)C[C@@H]4F)C2)cc1. The third kappa shape index (κ3) is 4.14. The number of thioether (sulfide) groups is 1. The highest BCUT2D eigenvalue weighted by molar-refractivity contribution is 7.99. The van der Waals surface area contributed by atoms with Gasteiger partial charge in [0.2, 0.25) is 5.16 Å². The maximum absolute atomic E-state index is 14.5. The van der Waals surface area contributed by atoms with Gasteiger partial charge in [-0.25, -0.2) is 14.1 Å². The molecule has 1 aromatic heterocycles. The molecular formula is C22H22FN3O3S2. The number of rotatable bonds is 6. The maximum Gasteiger partial charge on any atom is 0.297 e. The molecule has 9 heteroatoms. The summed E-state index contributed by atoms with van der Waals surface area (Å²) in [6.07, 6.45) is 0.0238. The standard InChI is InChI=1S/C22H22FN3O3S2/c1-14-7-9-18(10-8-14)31(27,28)29-16-11-17(12-16)30-22-24-21-19(23)13-20(26(21)25-22)15-5-3-2-4-6-15/h2-10,16-17,19-20H,11-13H2,1H3/t16-,17+,19-,20-/m0/s1. The predicted octanol–water partition coefficient (Wildman–Crippen LogP) is 4.62. The van der Waals surface area contributed by atoms with Crippen molar-refractivity contribution < 1.29 is 17.0 Å². The Morgan fingerprint density at radius 1 is 1.06 bits per heavy atom. The van der Waals surface area contributed by atoms with E-state index in [9.17, 15) is 12.8 Å². The summed E-state index contributed by atoms with van der Waals surface area (Å²) < 4.78 is 46.4. The van der Waals surface area contributed by atoms with E-state index in [1.165, 1.54) is 11.8 Å². The summed E-state index contributed by atoms with van der Waals surface area (Å²) in [4.78, 5) is 4.57. The summed E-state index contributed by atoms with van der Waals surface area (Å²) in [7, 11) is -3.77. The number of nitrogens with zero attached hydrogens (tertiary/aromatic N) is 3. The molecule has 0 unspecified atom stereocenters. The van der Waals surface area contributed by atoms with Crippen molar-refractivity contribution in [2.75, 3.05) is 0 Å². The van der Waals surface area contributed by atoms with E-state index in [-0.39, 0.29) is 22.3 Å². The third-order valence-electron chi connectivity index (χ3n) is 5.72. The Balaban J connectivity index is 1.21. The molecule has 6 nitrogen and oxygen atoms in total. The molecule has 162 valence electrons. The minimum atomic E-state index is -3.77. The summed E-state index contributed by atoms with van der Waals surface area (Å²) in [5.74, 6) is 0.366. The molecule has 0 spiro atoms. The molecule has 2 heterocycles. The van der Waals surface area contributed by atoms with Crippen LogP contribution in [0.25, 0.3) is 0 Å². The Labute approximate surface area is 185 Å². The van der Waals surface area contributed by atoms with Crippen molar-refractivity contribution in [3.8, 4) is 0 Å². The lowest BCUT2D eigenvalue weighted by Crippen LogP contribution is -2.35. The van der Waals surface area contributed by atoms with E-state index in [0.717, 1.165) is 11.1 Å². The van der Waals surface area contributed by atoms with Crippen LogP contribution in [-0.2, 0) is 14.3 Å². The summed E-state index contributed by atoms with van der Waals surface area (Å²) >= 11 is 1.46. The highest BCUT2D eigenvalue weighted by atomic mass is 32.2. The van der Waals surface area contributed by atoms with Crippen LogP contribution in [-0.4, -0.2) is 34.5 Å². The molecule has 31 heavy (non-hydrogen) atoms. The van der Waals surface area contributed by atoms with E-state index >= 15 is 0 Å².